The fourth-order valence-electron chi connectivity index (χ4n) is 2.50. The first-order valence-corrected chi connectivity index (χ1v) is 7.51. The highest BCUT2D eigenvalue weighted by Gasteiger charge is 2.12. The maximum atomic E-state index is 11.5. The van der Waals surface area contributed by atoms with Gasteiger partial charge in [-0.2, -0.15) is 0 Å². The number of carboxylic acid groups (broad SMARTS) is 1. The topological polar surface area (TPSA) is 58.6 Å². The van der Waals surface area contributed by atoms with Crippen LogP contribution in [0.15, 0.2) is 72.8 Å². The Kier molecular flexibility index (Phi) is 4.47. The number of nitrogens with one attached hydrogen (secondary N) is 1. The number of ether oxygens (including phenoxy) is 1. The minimum atomic E-state index is -0.972. The van der Waals surface area contributed by atoms with E-state index in [0.29, 0.717) is 11.4 Å². The van der Waals surface area contributed by atoms with Gasteiger partial charge in [0.15, 0.2) is 0 Å². The highest BCUT2D eigenvalue weighted by Crippen LogP contribution is 2.29. The van der Waals surface area contributed by atoms with Gasteiger partial charge in [-0.15, -0.1) is 0 Å². The van der Waals surface area contributed by atoms with E-state index < -0.39 is 5.97 Å². The van der Waals surface area contributed by atoms with Crippen LogP contribution in [-0.2, 0) is 0 Å². The Labute approximate surface area is 140 Å². The summed E-state index contributed by atoms with van der Waals surface area (Å²) in [6.45, 7) is 0. The number of hydrogen-bond donors (Lipinski definition) is 2. The van der Waals surface area contributed by atoms with Crippen LogP contribution in [0.25, 0.3) is 11.1 Å². The molecule has 3 aromatic carbocycles. The average Bonchev–Trinajstić information content (AvgIpc) is 2.62. The van der Waals surface area contributed by atoms with E-state index >= 15 is 0 Å². The standard InChI is InChI=1S/C20H17NO3/c1-24-17-9-5-8-16(13-17)21-19-12-15(10-11-18(19)20(22)23)14-6-3-2-4-7-14/h2-13,21H,1H3,(H,22,23). The molecule has 0 fully saturated rings. The molecule has 0 aromatic heterocycles. The predicted octanol–water partition coefficient (Wildman–Crippen LogP) is 4.80. The zero-order valence-corrected chi connectivity index (χ0v) is 13.2. The van der Waals surface area contributed by atoms with Gasteiger partial charge in [-0.05, 0) is 35.4 Å². The second-order valence-electron chi connectivity index (χ2n) is 5.29. The van der Waals surface area contributed by atoms with Crippen LogP contribution in [0.4, 0.5) is 11.4 Å². The molecule has 4 heteroatoms. The maximum absolute atomic E-state index is 11.5. The summed E-state index contributed by atoms with van der Waals surface area (Å²) in [6.07, 6.45) is 0. The Hall–Kier alpha value is -3.27. The Balaban J connectivity index is 2.02. The number of rotatable bonds is 5. The molecule has 0 aliphatic carbocycles. The van der Waals surface area contributed by atoms with Crippen LogP contribution in [0, 0.1) is 0 Å². The molecule has 0 unspecified atom stereocenters. The van der Waals surface area contributed by atoms with Gasteiger partial charge in [-0.3, -0.25) is 0 Å². The Morgan fingerprint density at radius 1 is 0.917 bits per heavy atom. The van der Waals surface area contributed by atoms with Crippen LogP contribution in [-0.4, -0.2) is 18.2 Å². The molecule has 2 N–H and O–H groups in total. The lowest BCUT2D eigenvalue weighted by atomic mass is 10.0. The van der Waals surface area contributed by atoms with Gasteiger partial charge >= 0.3 is 5.97 Å². The predicted molar refractivity (Wildman–Crippen MR) is 95.1 cm³/mol. The van der Waals surface area contributed by atoms with E-state index in [2.05, 4.69) is 5.32 Å². The van der Waals surface area contributed by atoms with Gasteiger partial charge in [0, 0.05) is 11.8 Å². The summed E-state index contributed by atoms with van der Waals surface area (Å²) >= 11 is 0. The van der Waals surface area contributed by atoms with Gasteiger partial charge in [-0.25, -0.2) is 4.79 Å². The zero-order valence-electron chi connectivity index (χ0n) is 13.2. The van der Waals surface area contributed by atoms with Crippen molar-refractivity contribution in [1.29, 1.82) is 0 Å². The van der Waals surface area contributed by atoms with Crippen molar-refractivity contribution in [2.45, 2.75) is 0 Å². The number of carboxylic acids is 1. The van der Waals surface area contributed by atoms with E-state index in [1.165, 1.54) is 0 Å². The fraction of sp³-hybridized carbons (Fsp3) is 0.0500. The molecule has 0 aliphatic rings. The molecule has 0 aliphatic heterocycles. The van der Waals surface area contributed by atoms with Crippen LogP contribution in [0.5, 0.6) is 5.75 Å². The van der Waals surface area contributed by atoms with E-state index in [-0.39, 0.29) is 5.56 Å². The smallest absolute Gasteiger partial charge is 0.337 e. The molecule has 0 spiro atoms. The molecule has 120 valence electrons. The summed E-state index contributed by atoms with van der Waals surface area (Å²) in [5.41, 5.74) is 3.51. The minimum absolute atomic E-state index is 0.220. The van der Waals surface area contributed by atoms with E-state index in [1.807, 2.05) is 66.7 Å². The van der Waals surface area contributed by atoms with Crippen LogP contribution in [0.3, 0.4) is 0 Å². The molecule has 0 atom stereocenters. The minimum Gasteiger partial charge on any atom is -0.497 e. The fourth-order valence-corrected chi connectivity index (χ4v) is 2.50. The molecule has 24 heavy (non-hydrogen) atoms. The Morgan fingerprint density at radius 2 is 1.71 bits per heavy atom. The molecule has 3 rings (SSSR count). The van der Waals surface area contributed by atoms with E-state index in [0.717, 1.165) is 16.8 Å². The molecule has 0 bridgehead atoms. The number of carbonyl (C=O) groups is 1. The second kappa shape index (κ2) is 6.87. The van der Waals surface area contributed by atoms with Gasteiger partial charge in [0.05, 0.1) is 18.4 Å². The second-order valence-corrected chi connectivity index (χ2v) is 5.29. The number of anilines is 2. The van der Waals surface area contributed by atoms with Gasteiger partial charge in [0.1, 0.15) is 5.75 Å². The normalized spacial score (nSPS) is 10.2. The third-order valence-corrected chi connectivity index (χ3v) is 3.71. The summed E-state index contributed by atoms with van der Waals surface area (Å²) < 4.78 is 5.21. The van der Waals surface area contributed by atoms with Crippen LogP contribution in [0.2, 0.25) is 0 Å². The third-order valence-electron chi connectivity index (χ3n) is 3.71. The summed E-state index contributed by atoms with van der Waals surface area (Å²) in [4.78, 5) is 11.5. The molecular formula is C20H17NO3. The van der Waals surface area contributed by atoms with Crippen molar-refractivity contribution in [2.24, 2.45) is 0 Å². The molecular weight excluding hydrogens is 302 g/mol. The molecule has 3 aromatic rings. The van der Waals surface area contributed by atoms with E-state index in [1.54, 1.807) is 13.2 Å². The largest absolute Gasteiger partial charge is 0.497 e. The summed E-state index contributed by atoms with van der Waals surface area (Å²) in [6, 6.07) is 22.5. The van der Waals surface area contributed by atoms with Gasteiger partial charge < -0.3 is 15.2 Å². The molecule has 0 saturated carbocycles. The summed E-state index contributed by atoms with van der Waals surface area (Å²) in [7, 11) is 1.60. The van der Waals surface area contributed by atoms with Gasteiger partial charge in [-0.1, -0.05) is 42.5 Å². The molecule has 4 nitrogen and oxygen atoms in total. The number of aromatic carboxylic acids is 1. The van der Waals surface area contributed by atoms with Crippen molar-refractivity contribution in [3.63, 3.8) is 0 Å². The summed E-state index contributed by atoms with van der Waals surface area (Å²) in [5.74, 6) is -0.268. The SMILES string of the molecule is COc1cccc(Nc2cc(-c3ccccc3)ccc2C(=O)O)c1. The first kappa shape index (κ1) is 15.6. The first-order chi connectivity index (χ1) is 11.7. The van der Waals surface area contributed by atoms with Crippen LogP contribution < -0.4 is 10.1 Å². The van der Waals surface area contributed by atoms with Crippen molar-refractivity contribution < 1.29 is 14.6 Å². The first-order valence-electron chi connectivity index (χ1n) is 7.51. The van der Waals surface area contributed by atoms with E-state index in [9.17, 15) is 9.90 Å². The lowest BCUT2D eigenvalue weighted by molar-refractivity contribution is 0.0698. The third kappa shape index (κ3) is 3.38. The molecule has 0 amide bonds. The van der Waals surface area contributed by atoms with E-state index in [4.69, 9.17) is 4.74 Å². The number of methoxy groups -OCH3 is 1. The highest BCUT2D eigenvalue weighted by molar-refractivity contribution is 5.96. The highest BCUT2D eigenvalue weighted by atomic mass is 16.5. The van der Waals surface area contributed by atoms with Crippen LogP contribution >= 0.6 is 0 Å². The van der Waals surface area contributed by atoms with Crippen molar-refractivity contribution in [3.05, 3.63) is 78.4 Å². The molecule has 0 radical (unpaired) electrons. The zero-order chi connectivity index (χ0) is 16.9. The van der Waals surface area contributed by atoms with Gasteiger partial charge in [0.25, 0.3) is 0 Å². The van der Waals surface area contributed by atoms with Crippen molar-refractivity contribution >= 4 is 17.3 Å². The van der Waals surface area contributed by atoms with Crippen molar-refractivity contribution in [1.82, 2.24) is 0 Å². The summed E-state index contributed by atoms with van der Waals surface area (Å²) in [5, 5.41) is 12.6. The molecule has 0 heterocycles. The lowest BCUT2D eigenvalue weighted by Gasteiger charge is -2.13. The number of benzene rings is 3. The monoisotopic (exact) mass is 319 g/mol. The van der Waals surface area contributed by atoms with Crippen molar-refractivity contribution in [2.75, 3.05) is 12.4 Å². The van der Waals surface area contributed by atoms with Gasteiger partial charge in [0.2, 0.25) is 0 Å². The average molecular weight is 319 g/mol. The maximum Gasteiger partial charge on any atom is 0.337 e. The lowest BCUT2D eigenvalue weighted by Crippen LogP contribution is -2.03. The Morgan fingerprint density at radius 3 is 2.42 bits per heavy atom. The van der Waals surface area contributed by atoms with Crippen molar-refractivity contribution in [3.8, 4) is 16.9 Å². The number of hydrogen-bond acceptors (Lipinski definition) is 3. The molecule has 0 saturated heterocycles. The quantitative estimate of drug-likeness (QED) is 0.709. The van der Waals surface area contributed by atoms with Crippen LogP contribution in [0.1, 0.15) is 10.4 Å². The Bertz CT molecular complexity index is 860.